The van der Waals surface area contributed by atoms with Gasteiger partial charge < -0.3 is 15.2 Å². The van der Waals surface area contributed by atoms with Crippen molar-refractivity contribution >= 4 is 17.6 Å². The smallest absolute Gasteiger partial charge is 0.274 e. The summed E-state index contributed by atoms with van der Waals surface area (Å²) in [5.74, 6) is 7.72. The summed E-state index contributed by atoms with van der Waals surface area (Å²) in [5.41, 5.74) is 0.473. The quantitative estimate of drug-likeness (QED) is 0.778. The lowest BCUT2D eigenvalue weighted by Gasteiger charge is -2.33. The second-order valence-corrected chi connectivity index (χ2v) is 7.85. The molecule has 0 radical (unpaired) electrons. The van der Waals surface area contributed by atoms with Crippen molar-refractivity contribution in [3.05, 3.63) is 41.4 Å². The molecule has 2 aliphatic rings. The minimum atomic E-state index is -0.579. The average Bonchev–Trinajstić information content (AvgIpc) is 3.44. The predicted octanol–water partition coefficient (Wildman–Crippen LogP) is 3.39. The summed E-state index contributed by atoms with van der Waals surface area (Å²) >= 11 is 0. The van der Waals surface area contributed by atoms with E-state index in [0.717, 1.165) is 56.3 Å². The zero-order valence-corrected chi connectivity index (χ0v) is 16.5. The number of nitrogens with one attached hydrogen (secondary N) is 2. The third kappa shape index (κ3) is 4.83. The SMILES string of the molecule is CC(=O)Nc1ccc(C#CC2(NC(=O)c3cc(C4CC4)on3)CCCCC2)cn1. The first-order valence-corrected chi connectivity index (χ1v) is 10.1. The Labute approximate surface area is 169 Å². The van der Waals surface area contributed by atoms with Gasteiger partial charge in [-0.3, -0.25) is 9.59 Å². The average molecular weight is 392 g/mol. The molecular weight excluding hydrogens is 368 g/mol. The molecule has 7 heteroatoms. The van der Waals surface area contributed by atoms with Crippen molar-refractivity contribution in [1.82, 2.24) is 15.5 Å². The Morgan fingerprint density at radius 2 is 2.00 bits per heavy atom. The molecule has 0 bridgehead atoms. The Morgan fingerprint density at radius 3 is 2.66 bits per heavy atom. The van der Waals surface area contributed by atoms with E-state index in [0.29, 0.717) is 17.4 Å². The van der Waals surface area contributed by atoms with Gasteiger partial charge in [0.15, 0.2) is 5.69 Å². The third-order valence-corrected chi connectivity index (χ3v) is 5.31. The highest BCUT2D eigenvalue weighted by molar-refractivity contribution is 5.93. The van der Waals surface area contributed by atoms with E-state index in [1.165, 1.54) is 6.92 Å². The molecule has 2 saturated carbocycles. The van der Waals surface area contributed by atoms with Crippen LogP contribution in [0.15, 0.2) is 28.9 Å². The Balaban J connectivity index is 1.50. The third-order valence-electron chi connectivity index (χ3n) is 5.31. The van der Waals surface area contributed by atoms with Crippen molar-refractivity contribution in [1.29, 1.82) is 0 Å². The summed E-state index contributed by atoms with van der Waals surface area (Å²) in [5, 5.41) is 9.69. The van der Waals surface area contributed by atoms with Crippen LogP contribution in [-0.2, 0) is 4.79 Å². The van der Waals surface area contributed by atoms with Gasteiger partial charge in [-0.1, -0.05) is 36.3 Å². The lowest BCUT2D eigenvalue weighted by atomic mass is 9.82. The Kier molecular flexibility index (Phi) is 5.34. The fraction of sp³-hybridized carbons (Fsp3) is 0.455. The van der Waals surface area contributed by atoms with E-state index >= 15 is 0 Å². The van der Waals surface area contributed by atoms with Crippen LogP contribution in [0.2, 0.25) is 0 Å². The van der Waals surface area contributed by atoms with Crippen LogP contribution in [-0.4, -0.2) is 27.5 Å². The first kappa shape index (κ1) is 19.2. The topological polar surface area (TPSA) is 97.1 Å². The molecule has 4 rings (SSSR count). The fourth-order valence-electron chi connectivity index (χ4n) is 3.59. The lowest BCUT2D eigenvalue weighted by molar-refractivity contribution is -0.114. The first-order chi connectivity index (χ1) is 14.0. The van der Waals surface area contributed by atoms with Crippen LogP contribution in [0.25, 0.3) is 0 Å². The molecule has 150 valence electrons. The molecular formula is C22H24N4O3. The highest BCUT2D eigenvalue weighted by Gasteiger charge is 2.34. The molecule has 29 heavy (non-hydrogen) atoms. The standard InChI is InChI=1S/C22H24N4O3/c1-15(27)24-20-8-5-16(14-23-20)9-12-22(10-3-2-4-11-22)25-21(28)18-13-19(29-26-18)17-6-7-17/h5,8,13-14,17H,2-4,6-7,10-11H2,1H3,(H,25,28)(H,23,24,27). The van der Waals surface area contributed by atoms with Gasteiger partial charge in [0, 0.05) is 30.7 Å². The summed E-state index contributed by atoms with van der Waals surface area (Å²) in [6.07, 6.45) is 8.59. The molecule has 2 aromatic rings. The van der Waals surface area contributed by atoms with E-state index in [4.69, 9.17) is 4.52 Å². The molecule has 2 aliphatic carbocycles. The predicted molar refractivity (Wildman–Crippen MR) is 107 cm³/mol. The molecule has 2 amide bonds. The first-order valence-electron chi connectivity index (χ1n) is 10.1. The number of hydrogen-bond donors (Lipinski definition) is 2. The molecule has 2 fully saturated rings. The van der Waals surface area contributed by atoms with Crippen molar-refractivity contribution < 1.29 is 14.1 Å². The number of carbonyl (C=O) groups is 2. The molecule has 2 N–H and O–H groups in total. The van der Waals surface area contributed by atoms with E-state index in [9.17, 15) is 9.59 Å². The normalized spacial score (nSPS) is 17.7. The Morgan fingerprint density at radius 1 is 1.21 bits per heavy atom. The van der Waals surface area contributed by atoms with Gasteiger partial charge in [0.1, 0.15) is 17.1 Å². The highest BCUT2D eigenvalue weighted by Crippen LogP contribution is 2.40. The Bertz CT molecular complexity index is 958. The molecule has 0 unspecified atom stereocenters. The summed E-state index contributed by atoms with van der Waals surface area (Å²) in [6, 6.07) is 5.27. The highest BCUT2D eigenvalue weighted by atomic mass is 16.5. The molecule has 2 heterocycles. The number of nitrogens with zero attached hydrogens (tertiary/aromatic N) is 2. The number of rotatable bonds is 4. The van der Waals surface area contributed by atoms with Crippen LogP contribution in [0.3, 0.4) is 0 Å². The van der Waals surface area contributed by atoms with Gasteiger partial charge in [0.05, 0.1) is 0 Å². The van der Waals surface area contributed by atoms with Crippen LogP contribution in [0.5, 0.6) is 0 Å². The van der Waals surface area contributed by atoms with Crippen LogP contribution >= 0.6 is 0 Å². The van der Waals surface area contributed by atoms with Crippen molar-refractivity contribution in [2.24, 2.45) is 0 Å². The summed E-state index contributed by atoms with van der Waals surface area (Å²) in [7, 11) is 0. The van der Waals surface area contributed by atoms with Gasteiger partial charge in [-0.15, -0.1) is 0 Å². The summed E-state index contributed by atoms with van der Waals surface area (Å²) in [4.78, 5) is 28.1. The van der Waals surface area contributed by atoms with Crippen LogP contribution in [0, 0.1) is 11.8 Å². The van der Waals surface area contributed by atoms with Gasteiger partial charge in [-0.05, 0) is 37.8 Å². The number of hydrogen-bond acceptors (Lipinski definition) is 5. The number of anilines is 1. The van der Waals surface area contributed by atoms with Crippen LogP contribution in [0.4, 0.5) is 5.82 Å². The maximum absolute atomic E-state index is 12.8. The molecule has 0 aliphatic heterocycles. The van der Waals surface area contributed by atoms with Gasteiger partial charge in [-0.2, -0.15) is 0 Å². The minimum absolute atomic E-state index is 0.169. The zero-order chi connectivity index (χ0) is 20.3. The molecule has 2 aromatic heterocycles. The van der Waals surface area contributed by atoms with Crippen molar-refractivity contribution in [3.63, 3.8) is 0 Å². The van der Waals surface area contributed by atoms with Crippen LogP contribution in [0.1, 0.15) is 79.6 Å². The number of pyridine rings is 1. The number of amides is 2. The second-order valence-electron chi connectivity index (χ2n) is 7.85. The van der Waals surface area contributed by atoms with E-state index in [2.05, 4.69) is 32.6 Å². The fourth-order valence-corrected chi connectivity index (χ4v) is 3.59. The maximum Gasteiger partial charge on any atom is 0.274 e. The van der Waals surface area contributed by atoms with Crippen molar-refractivity contribution in [3.8, 4) is 11.8 Å². The van der Waals surface area contributed by atoms with E-state index in [-0.39, 0.29) is 11.8 Å². The van der Waals surface area contributed by atoms with Crippen molar-refractivity contribution in [2.75, 3.05) is 5.32 Å². The maximum atomic E-state index is 12.8. The number of aromatic nitrogens is 2. The lowest BCUT2D eigenvalue weighted by Crippen LogP contribution is -2.48. The molecule has 0 spiro atoms. The largest absolute Gasteiger partial charge is 0.360 e. The van der Waals surface area contributed by atoms with E-state index < -0.39 is 5.54 Å². The van der Waals surface area contributed by atoms with Crippen LogP contribution < -0.4 is 10.6 Å². The van der Waals surface area contributed by atoms with Gasteiger partial charge >= 0.3 is 0 Å². The van der Waals surface area contributed by atoms with Gasteiger partial charge in [0.2, 0.25) is 5.91 Å². The van der Waals surface area contributed by atoms with Gasteiger partial charge in [0.25, 0.3) is 5.91 Å². The second kappa shape index (κ2) is 8.08. The molecule has 7 nitrogen and oxygen atoms in total. The summed E-state index contributed by atoms with van der Waals surface area (Å²) in [6.45, 7) is 1.44. The zero-order valence-electron chi connectivity index (χ0n) is 16.5. The summed E-state index contributed by atoms with van der Waals surface area (Å²) < 4.78 is 5.31. The molecule has 0 aromatic carbocycles. The molecule has 0 atom stereocenters. The van der Waals surface area contributed by atoms with E-state index in [1.54, 1.807) is 18.3 Å². The molecule has 0 saturated heterocycles. The Hall–Kier alpha value is -3.14. The minimum Gasteiger partial charge on any atom is -0.360 e. The van der Waals surface area contributed by atoms with Gasteiger partial charge in [-0.25, -0.2) is 4.98 Å². The van der Waals surface area contributed by atoms with E-state index in [1.807, 2.05) is 6.07 Å². The van der Waals surface area contributed by atoms with Crippen molar-refractivity contribution in [2.45, 2.75) is 63.3 Å². The number of carbonyl (C=O) groups excluding carboxylic acids is 2. The monoisotopic (exact) mass is 392 g/mol.